The zero-order chi connectivity index (χ0) is 15.6. The van der Waals surface area contributed by atoms with E-state index in [1.165, 1.54) is 5.56 Å². The van der Waals surface area contributed by atoms with Crippen LogP contribution in [0.3, 0.4) is 0 Å². The van der Waals surface area contributed by atoms with Crippen molar-refractivity contribution in [1.82, 2.24) is 0 Å². The quantitative estimate of drug-likeness (QED) is 0.666. The van der Waals surface area contributed by atoms with Gasteiger partial charge in [-0.1, -0.05) is 43.7 Å². The van der Waals surface area contributed by atoms with Crippen LogP contribution in [-0.4, -0.2) is 23.3 Å². The third kappa shape index (κ3) is 7.28. The van der Waals surface area contributed by atoms with Gasteiger partial charge in [-0.3, -0.25) is 4.79 Å². The number of benzene rings is 1. The highest BCUT2D eigenvalue weighted by atomic mass is 16.5. The van der Waals surface area contributed by atoms with E-state index in [0.717, 1.165) is 25.7 Å². The standard InChI is InChI=1S/C18H28O3/c1-3-13-18(20,14-8-11-17(19)21-4-2)15-12-16-9-6-5-7-10-16/h5-7,9-10,20H,3-4,8,11-15H2,1-2H3. The molecule has 0 spiro atoms. The SMILES string of the molecule is CCCC(O)(CCCC(=O)OCC)CCc1ccccc1. The fourth-order valence-electron chi connectivity index (χ4n) is 2.66. The Hall–Kier alpha value is -1.35. The normalized spacial score (nSPS) is 13.7. The Labute approximate surface area is 128 Å². The lowest BCUT2D eigenvalue weighted by atomic mass is 9.86. The minimum absolute atomic E-state index is 0.167. The molecule has 1 aromatic rings. The van der Waals surface area contributed by atoms with Crippen molar-refractivity contribution in [3.05, 3.63) is 35.9 Å². The largest absolute Gasteiger partial charge is 0.466 e. The second kappa shape index (κ2) is 9.56. The van der Waals surface area contributed by atoms with Gasteiger partial charge in [0.2, 0.25) is 0 Å². The van der Waals surface area contributed by atoms with Crippen LogP contribution in [0.2, 0.25) is 0 Å². The Kier molecular flexibility index (Phi) is 8.06. The molecule has 0 bridgehead atoms. The maximum Gasteiger partial charge on any atom is 0.305 e. The number of hydrogen-bond donors (Lipinski definition) is 1. The molecule has 1 unspecified atom stereocenters. The van der Waals surface area contributed by atoms with Crippen molar-refractivity contribution in [2.75, 3.05) is 6.61 Å². The first-order chi connectivity index (χ1) is 10.1. The number of aliphatic hydroxyl groups is 1. The van der Waals surface area contributed by atoms with Crippen LogP contribution < -0.4 is 0 Å². The van der Waals surface area contributed by atoms with E-state index < -0.39 is 5.60 Å². The summed E-state index contributed by atoms with van der Waals surface area (Å²) < 4.78 is 4.93. The van der Waals surface area contributed by atoms with Crippen molar-refractivity contribution in [3.63, 3.8) is 0 Å². The minimum Gasteiger partial charge on any atom is -0.466 e. The molecular formula is C18H28O3. The van der Waals surface area contributed by atoms with E-state index in [2.05, 4.69) is 19.1 Å². The zero-order valence-electron chi connectivity index (χ0n) is 13.3. The van der Waals surface area contributed by atoms with Crippen LogP contribution >= 0.6 is 0 Å². The van der Waals surface area contributed by atoms with Gasteiger partial charge in [0.05, 0.1) is 12.2 Å². The molecule has 0 aliphatic heterocycles. The average Bonchev–Trinajstić information content (AvgIpc) is 2.47. The molecule has 1 atom stereocenters. The summed E-state index contributed by atoms with van der Waals surface area (Å²) in [7, 11) is 0. The average molecular weight is 292 g/mol. The van der Waals surface area contributed by atoms with E-state index in [0.29, 0.717) is 25.9 Å². The Morgan fingerprint density at radius 3 is 2.48 bits per heavy atom. The van der Waals surface area contributed by atoms with Gasteiger partial charge < -0.3 is 9.84 Å². The van der Waals surface area contributed by atoms with E-state index in [-0.39, 0.29) is 5.97 Å². The van der Waals surface area contributed by atoms with E-state index >= 15 is 0 Å². The molecule has 3 nitrogen and oxygen atoms in total. The Morgan fingerprint density at radius 1 is 1.14 bits per heavy atom. The molecule has 21 heavy (non-hydrogen) atoms. The van der Waals surface area contributed by atoms with Gasteiger partial charge in [-0.05, 0) is 44.6 Å². The van der Waals surface area contributed by atoms with Gasteiger partial charge in [-0.25, -0.2) is 0 Å². The first kappa shape index (κ1) is 17.7. The summed E-state index contributed by atoms with van der Waals surface area (Å²) in [5.74, 6) is -0.167. The van der Waals surface area contributed by atoms with Crippen LogP contribution in [0.15, 0.2) is 30.3 Å². The van der Waals surface area contributed by atoms with Crippen molar-refractivity contribution in [1.29, 1.82) is 0 Å². The fraction of sp³-hybridized carbons (Fsp3) is 0.611. The number of rotatable bonds is 10. The number of carbonyl (C=O) groups is 1. The summed E-state index contributed by atoms with van der Waals surface area (Å²) in [6.45, 7) is 4.32. The van der Waals surface area contributed by atoms with Crippen molar-refractivity contribution in [2.45, 2.75) is 64.4 Å². The van der Waals surface area contributed by atoms with Crippen LogP contribution in [0.1, 0.15) is 57.9 Å². The van der Waals surface area contributed by atoms with Crippen molar-refractivity contribution in [3.8, 4) is 0 Å². The van der Waals surface area contributed by atoms with E-state index in [1.54, 1.807) is 0 Å². The highest BCUT2D eigenvalue weighted by molar-refractivity contribution is 5.69. The molecule has 1 rings (SSSR count). The van der Waals surface area contributed by atoms with E-state index in [1.807, 2.05) is 25.1 Å². The Balaban J connectivity index is 2.43. The highest BCUT2D eigenvalue weighted by Gasteiger charge is 2.25. The van der Waals surface area contributed by atoms with Gasteiger partial charge >= 0.3 is 5.97 Å². The molecule has 0 aliphatic rings. The molecule has 1 aromatic carbocycles. The molecule has 0 fully saturated rings. The van der Waals surface area contributed by atoms with Crippen LogP contribution in [-0.2, 0) is 16.0 Å². The van der Waals surface area contributed by atoms with Crippen LogP contribution in [0.4, 0.5) is 0 Å². The predicted molar refractivity (Wildman–Crippen MR) is 85.1 cm³/mol. The smallest absolute Gasteiger partial charge is 0.305 e. The summed E-state index contributed by atoms with van der Waals surface area (Å²) >= 11 is 0. The summed E-state index contributed by atoms with van der Waals surface area (Å²) in [4.78, 5) is 11.4. The molecule has 0 saturated carbocycles. The summed E-state index contributed by atoms with van der Waals surface area (Å²) in [6.07, 6.45) is 5.08. The van der Waals surface area contributed by atoms with Crippen molar-refractivity contribution in [2.24, 2.45) is 0 Å². The van der Waals surface area contributed by atoms with Gasteiger partial charge in [0.15, 0.2) is 0 Å². The predicted octanol–water partition coefficient (Wildman–Crippen LogP) is 3.88. The Bertz CT molecular complexity index is 402. The molecule has 3 heteroatoms. The van der Waals surface area contributed by atoms with Gasteiger partial charge in [-0.2, -0.15) is 0 Å². The first-order valence-corrected chi connectivity index (χ1v) is 8.01. The summed E-state index contributed by atoms with van der Waals surface area (Å²) in [5.41, 5.74) is 0.578. The van der Waals surface area contributed by atoms with Gasteiger partial charge in [-0.15, -0.1) is 0 Å². The molecule has 0 radical (unpaired) electrons. The minimum atomic E-state index is -0.670. The topological polar surface area (TPSA) is 46.5 Å². The highest BCUT2D eigenvalue weighted by Crippen LogP contribution is 2.26. The van der Waals surface area contributed by atoms with Crippen LogP contribution in [0.5, 0.6) is 0 Å². The van der Waals surface area contributed by atoms with Crippen molar-refractivity contribution < 1.29 is 14.6 Å². The van der Waals surface area contributed by atoms with E-state index in [9.17, 15) is 9.90 Å². The maximum atomic E-state index is 11.4. The molecule has 0 amide bonds. The van der Waals surface area contributed by atoms with Crippen LogP contribution in [0, 0.1) is 0 Å². The van der Waals surface area contributed by atoms with E-state index in [4.69, 9.17) is 4.74 Å². The number of aryl methyl sites for hydroxylation is 1. The lowest BCUT2D eigenvalue weighted by Crippen LogP contribution is -2.29. The number of hydrogen-bond acceptors (Lipinski definition) is 3. The third-order valence-corrected chi connectivity index (χ3v) is 3.77. The third-order valence-electron chi connectivity index (χ3n) is 3.77. The number of esters is 1. The second-order valence-electron chi connectivity index (χ2n) is 5.62. The van der Waals surface area contributed by atoms with Crippen molar-refractivity contribution >= 4 is 5.97 Å². The Morgan fingerprint density at radius 2 is 1.86 bits per heavy atom. The molecule has 1 N–H and O–H groups in total. The van der Waals surface area contributed by atoms with Gasteiger partial charge in [0.25, 0.3) is 0 Å². The zero-order valence-corrected chi connectivity index (χ0v) is 13.3. The van der Waals surface area contributed by atoms with Gasteiger partial charge in [0, 0.05) is 6.42 Å². The monoisotopic (exact) mass is 292 g/mol. The second-order valence-corrected chi connectivity index (χ2v) is 5.62. The molecular weight excluding hydrogens is 264 g/mol. The van der Waals surface area contributed by atoms with Crippen LogP contribution in [0.25, 0.3) is 0 Å². The fourth-order valence-corrected chi connectivity index (χ4v) is 2.66. The molecule has 0 saturated heterocycles. The summed E-state index contributed by atoms with van der Waals surface area (Å²) in [5, 5.41) is 10.8. The number of ether oxygens (including phenoxy) is 1. The lowest BCUT2D eigenvalue weighted by molar-refractivity contribution is -0.143. The molecule has 0 aromatic heterocycles. The molecule has 0 heterocycles. The first-order valence-electron chi connectivity index (χ1n) is 8.01. The number of carbonyl (C=O) groups excluding carboxylic acids is 1. The molecule has 118 valence electrons. The summed E-state index contributed by atoms with van der Waals surface area (Å²) in [6, 6.07) is 10.2. The lowest BCUT2D eigenvalue weighted by Gasteiger charge is -2.28. The van der Waals surface area contributed by atoms with Gasteiger partial charge in [0.1, 0.15) is 0 Å². The molecule has 0 aliphatic carbocycles. The maximum absolute atomic E-state index is 11.4.